The summed E-state index contributed by atoms with van der Waals surface area (Å²) in [7, 11) is 0. The highest BCUT2D eigenvalue weighted by Crippen LogP contribution is 2.52. The molecule has 2 nitrogen and oxygen atoms in total. The van der Waals surface area contributed by atoms with E-state index in [0.717, 1.165) is 33.6 Å². The zero-order chi connectivity index (χ0) is 37.8. The predicted octanol–water partition coefficient (Wildman–Crippen LogP) is 15.6. The van der Waals surface area contributed by atoms with Gasteiger partial charge in [-0.05, 0) is 114 Å². The molecule has 2 heteroatoms. The van der Waals surface area contributed by atoms with Gasteiger partial charge in [-0.1, -0.05) is 153 Å². The first kappa shape index (κ1) is 32.1. The van der Waals surface area contributed by atoms with Gasteiger partial charge in [-0.3, -0.25) is 0 Å². The summed E-state index contributed by atoms with van der Waals surface area (Å²) < 4.78 is 6.40. The van der Waals surface area contributed by atoms with Gasteiger partial charge in [0.05, 0.1) is 5.69 Å². The van der Waals surface area contributed by atoms with Crippen LogP contribution < -0.4 is 4.90 Å². The van der Waals surface area contributed by atoms with E-state index in [0.29, 0.717) is 0 Å². The topological polar surface area (TPSA) is 16.4 Å². The number of nitrogens with zero attached hydrogens (tertiary/aromatic N) is 1. The summed E-state index contributed by atoms with van der Waals surface area (Å²) in [6, 6.07) is 69.0. The van der Waals surface area contributed by atoms with Crippen molar-refractivity contribution in [2.45, 2.75) is 19.3 Å². The summed E-state index contributed by atoms with van der Waals surface area (Å²) in [4.78, 5) is 2.46. The monoisotopic (exact) mass is 727 g/mol. The van der Waals surface area contributed by atoms with Crippen LogP contribution in [-0.2, 0) is 5.41 Å². The van der Waals surface area contributed by atoms with Crippen molar-refractivity contribution in [2.24, 2.45) is 0 Å². The third kappa shape index (κ3) is 4.59. The number of benzene rings is 10. The Morgan fingerprint density at radius 3 is 1.88 bits per heavy atom. The average Bonchev–Trinajstić information content (AvgIpc) is 3.75. The Balaban J connectivity index is 1.11. The molecule has 0 saturated carbocycles. The maximum atomic E-state index is 6.40. The maximum absolute atomic E-state index is 6.40. The number of fused-ring (bicyclic) bond motifs is 14. The van der Waals surface area contributed by atoms with Crippen molar-refractivity contribution in [3.63, 3.8) is 0 Å². The first-order valence-corrected chi connectivity index (χ1v) is 19.8. The molecule has 0 aliphatic heterocycles. The highest BCUT2D eigenvalue weighted by Gasteiger charge is 2.36. The van der Waals surface area contributed by atoms with E-state index in [1.807, 2.05) is 6.07 Å². The van der Waals surface area contributed by atoms with Crippen molar-refractivity contribution in [2.75, 3.05) is 4.90 Å². The summed E-state index contributed by atoms with van der Waals surface area (Å²) in [5.74, 6) is 0. The molecule has 0 amide bonds. The third-order valence-electron chi connectivity index (χ3n) is 12.6. The summed E-state index contributed by atoms with van der Waals surface area (Å²) in [5, 5.41) is 12.2. The lowest BCUT2D eigenvalue weighted by atomic mass is 9.82. The zero-order valence-corrected chi connectivity index (χ0v) is 31.8. The third-order valence-corrected chi connectivity index (χ3v) is 12.6. The second kappa shape index (κ2) is 11.9. The minimum Gasteiger partial charge on any atom is -0.456 e. The number of rotatable bonds is 4. The van der Waals surface area contributed by atoms with Crippen molar-refractivity contribution in [1.29, 1.82) is 0 Å². The minimum atomic E-state index is -0.116. The molecule has 0 fully saturated rings. The standard InChI is InChI=1S/C55H37NO/c1-55(2)47-25-9-7-19-40(47)41-29-28-37(33-48(41)55)56(49-26-12-15-34-14-3-4-18-38(34)49)36-17-11-16-35(32-36)39-23-13-24-43-45-30-31-51-54(46-22-8-10-27-50(46)57-51)53(45)44-21-6-5-20-42(44)52(39)43/h3-33H,1-2H3. The fourth-order valence-corrected chi connectivity index (χ4v) is 10.0. The van der Waals surface area contributed by atoms with Gasteiger partial charge in [-0.15, -0.1) is 0 Å². The minimum absolute atomic E-state index is 0.116. The smallest absolute Gasteiger partial charge is 0.136 e. The van der Waals surface area contributed by atoms with Gasteiger partial charge in [-0.2, -0.15) is 0 Å². The molecule has 0 N–H and O–H groups in total. The van der Waals surface area contributed by atoms with Crippen LogP contribution in [0.4, 0.5) is 17.1 Å². The van der Waals surface area contributed by atoms with Crippen molar-refractivity contribution in [1.82, 2.24) is 0 Å². The Labute approximate surface area is 330 Å². The Morgan fingerprint density at radius 1 is 0.386 bits per heavy atom. The van der Waals surface area contributed by atoms with E-state index < -0.39 is 0 Å². The van der Waals surface area contributed by atoms with Crippen LogP contribution in [0, 0.1) is 0 Å². The molecule has 1 aliphatic rings. The number of anilines is 3. The molecular weight excluding hydrogens is 691 g/mol. The van der Waals surface area contributed by atoms with Crippen molar-refractivity contribution >= 4 is 82.1 Å². The van der Waals surface area contributed by atoms with Gasteiger partial charge in [0.15, 0.2) is 0 Å². The molecule has 0 saturated heterocycles. The van der Waals surface area contributed by atoms with E-state index in [9.17, 15) is 0 Å². The summed E-state index contributed by atoms with van der Waals surface area (Å²) in [6.07, 6.45) is 0. The number of hydrogen-bond acceptors (Lipinski definition) is 2. The van der Waals surface area contributed by atoms with E-state index in [1.54, 1.807) is 0 Å². The molecule has 1 aromatic heterocycles. The summed E-state index contributed by atoms with van der Waals surface area (Å²) >= 11 is 0. The molecule has 0 atom stereocenters. The molecule has 1 heterocycles. The SMILES string of the molecule is CC1(C)c2ccccc2-c2ccc(N(c3cccc(-c4cccc5c6ccc7oc8ccccc8c7c6c6ccccc6c45)c3)c3cccc4ccccc34)cc21. The molecular formula is C55H37NO. The van der Waals surface area contributed by atoms with Gasteiger partial charge >= 0.3 is 0 Å². The van der Waals surface area contributed by atoms with Gasteiger partial charge in [0.25, 0.3) is 0 Å². The second-order valence-electron chi connectivity index (χ2n) is 16.0. The van der Waals surface area contributed by atoms with Gasteiger partial charge in [0.1, 0.15) is 11.2 Å². The fourth-order valence-electron chi connectivity index (χ4n) is 10.0. The Hall–Kier alpha value is -7.16. The summed E-state index contributed by atoms with van der Waals surface area (Å²) in [5.41, 5.74) is 12.9. The van der Waals surface area contributed by atoms with Crippen LogP contribution in [0.3, 0.4) is 0 Å². The van der Waals surface area contributed by atoms with Gasteiger partial charge in [0, 0.05) is 38.3 Å². The first-order valence-electron chi connectivity index (χ1n) is 19.8. The molecule has 0 spiro atoms. The van der Waals surface area contributed by atoms with E-state index in [1.165, 1.54) is 81.9 Å². The van der Waals surface area contributed by atoms with Gasteiger partial charge in [0.2, 0.25) is 0 Å². The van der Waals surface area contributed by atoms with Crippen LogP contribution in [0.1, 0.15) is 25.0 Å². The Bertz CT molecular complexity index is 3420. The molecule has 12 rings (SSSR count). The van der Waals surface area contributed by atoms with Crippen LogP contribution in [-0.4, -0.2) is 0 Å². The average molecular weight is 728 g/mol. The first-order chi connectivity index (χ1) is 28.0. The van der Waals surface area contributed by atoms with Crippen LogP contribution >= 0.6 is 0 Å². The van der Waals surface area contributed by atoms with Crippen LogP contribution in [0.15, 0.2) is 192 Å². The van der Waals surface area contributed by atoms with Gasteiger partial charge in [-0.25, -0.2) is 0 Å². The normalized spacial score (nSPS) is 13.2. The largest absolute Gasteiger partial charge is 0.456 e. The van der Waals surface area contributed by atoms with Gasteiger partial charge < -0.3 is 9.32 Å². The van der Waals surface area contributed by atoms with Crippen LogP contribution in [0.5, 0.6) is 0 Å². The lowest BCUT2D eigenvalue weighted by Gasteiger charge is -2.29. The zero-order valence-electron chi connectivity index (χ0n) is 31.8. The lowest BCUT2D eigenvalue weighted by molar-refractivity contribution is 0.660. The number of para-hydroxylation sites is 1. The van der Waals surface area contributed by atoms with Crippen molar-refractivity contribution in [3.8, 4) is 22.3 Å². The molecule has 0 radical (unpaired) electrons. The molecule has 0 bridgehead atoms. The molecule has 268 valence electrons. The Kier molecular flexibility index (Phi) is 6.72. The van der Waals surface area contributed by atoms with Crippen molar-refractivity contribution in [3.05, 3.63) is 199 Å². The van der Waals surface area contributed by atoms with Crippen LogP contribution in [0.25, 0.3) is 87.3 Å². The van der Waals surface area contributed by atoms with E-state index in [2.05, 4.69) is 201 Å². The van der Waals surface area contributed by atoms with Crippen LogP contribution in [0.2, 0.25) is 0 Å². The highest BCUT2D eigenvalue weighted by molar-refractivity contribution is 6.36. The predicted molar refractivity (Wildman–Crippen MR) is 241 cm³/mol. The summed E-state index contributed by atoms with van der Waals surface area (Å²) in [6.45, 7) is 4.72. The number of furan rings is 1. The van der Waals surface area contributed by atoms with E-state index >= 15 is 0 Å². The highest BCUT2D eigenvalue weighted by atomic mass is 16.3. The number of hydrogen-bond donors (Lipinski definition) is 0. The fraction of sp³-hybridized carbons (Fsp3) is 0.0545. The molecule has 57 heavy (non-hydrogen) atoms. The lowest BCUT2D eigenvalue weighted by Crippen LogP contribution is -2.16. The molecule has 10 aromatic carbocycles. The Morgan fingerprint density at radius 2 is 1.00 bits per heavy atom. The second-order valence-corrected chi connectivity index (χ2v) is 16.0. The molecule has 0 unspecified atom stereocenters. The molecule has 11 aromatic rings. The quantitative estimate of drug-likeness (QED) is 0.168. The maximum Gasteiger partial charge on any atom is 0.136 e. The van der Waals surface area contributed by atoms with E-state index in [-0.39, 0.29) is 5.41 Å². The van der Waals surface area contributed by atoms with Crippen molar-refractivity contribution < 1.29 is 4.42 Å². The van der Waals surface area contributed by atoms with E-state index in [4.69, 9.17) is 4.42 Å². The molecule has 1 aliphatic carbocycles.